The second kappa shape index (κ2) is 9.62. The van der Waals surface area contributed by atoms with Crippen molar-refractivity contribution in [2.24, 2.45) is 0 Å². The Morgan fingerprint density at radius 1 is 1.33 bits per heavy atom. The summed E-state index contributed by atoms with van der Waals surface area (Å²) in [6.45, 7) is 4.11. The number of aryl methyl sites for hydroxylation is 1. The van der Waals surface area contributed by atoms with Gasteiger partial charge in [-0.1, -0.05) is 25.1 Å². The summed E-state index contributed by atoms with van der Waals surface area (Å²) < 4.78 is 1.61. The van der Waals surface area contributed by atoms with Crippen LogP contribution in [0.5, 0.6) is 0 Å². The normalized spacial score (nSPS) is 11.5. The number of hydrogen-bond acceptors (Lipinski definition) is 7. The van der Waals surface area contributed by atoms with Gasteiger partial charge in [0.15, 0.2) is 0 Å². The molecule has 3 aromatic rings. The number of aliphatic hydroxyl groups excluding tert-OH is 1. The minimum absolute atomic E-state index is 0.00413. The molecule has 1 amide bonds. The van der Waals surface area contributed by atoms with Crippen molar-refractivity contribution < 1.29 is 9.90 Å². The van der Waals surface area contributed by atoms with Crippen molar-refractivity contribution in [1.82, 2.24) is 25.1 Å². The van der Waals surface area contributed by atoms with Gasteiger partial charge in [0.2, 0.25) is 5.95 Å². The molecular weight excluding hydrogens is 382 g/mol. The summed E-state index contributed by atoms with van der Waals surface area (Å²) >= 11 is 0. The zero-order valence-electron chi connectivity index (χ0n) is 16.8. The third-order valence-corrected chi connectivity index (χ3v) is 4.49. The molecule has 3 N–H and O–H groups in total. The molecule has 0 fully saturated rings. The predicted molar refractivity (Wildman–Crippen MR) is 112 cm³/mol. The first-order valence-electron chi connectivity index (χ1n) is 9.59. The van der Waals surface area contributed by atoms with E-state index in [1.165, 1.54) is 0 Å². The van der Waals surface area contributed by atoms with Crippen molar-refractivity contribution in [2.75, 3.05) is 11.9 Å². The highest BCUT2D eigenvalue weighted by molar-refractivity contribution is 6.01. The largest absolute Gasteiger partial charge is 0.394 e. The summed E-state index contributed by atoms with van der Waals surface area (Å²) in [6, 6.07) is 8.67. The Balaban J connectivity index is 1.91. The van der Waals surface area contributed by atoms with Crippen LogP contribution in [0.25, 0.3) is 11.3 Å². The fourth-order valence-electron chi connectivity index (χ4n) is 2.91. The molecule has 0 bridgehead atoms. The van der Waals surface area contributed by atoms with Gasteiger partial charge in [-0.2, -0.15) is 10.4 Å². The Kier molecular flexibility index (Phi) is 6.72. The van der Waals surface area contributed by atoms with Crippen molar-refractivity contribution in [3.05, 3.63) is 54.0 Å². The summed E-state index contributed by atoms with van der Waals surface area (Å²) in [5, 5.41) is 28.1. The van der Waals surface area contributed by atoms with Crippen LogP contribution < -0.4 is 10.6 Å². The molecule has 0 aliphatic rings. The fourth-order valence-corrected chi connectivity index (χ4v) is 2.91. The van der Waals surface area contributed by atoms with Crippen LogP contribution in [0.2, 0.25) is 0 Å². The van der Waals surface area contributed by atoms with Gasteiger partial charge in [-0.15, -0.1) is 0 Å². The molecule has 154 valence electrons. The molecule has 0 aliphatic carbocycles. The minimum Gasteiger partial charge on any atom is -0.394 e. The number of aliphatic hydroxyl groups is 1. The van der Waals surface area contributed by atoms with E-state index >= 15 is 0 Å². The number of hydrogen-bond donors (Lipinski definition) is 3. The van der Waals surface area contributed by atoms with E-state index in [1.807, 2.05) is 26.0 Å². The van der Waals surface area contributed by atoms with E-state index in [1.54, 1.807) is 35.4 Å². The lowest BCUT2D eigenvalue weighted by Gasteiger charge is -2.14. The summed E-state index contributed by atoms with van der Waals surface area (Å²) in [7, 11) is 0. The van der Waals surface area contributed by atoms with Crippen molar-refractivity contribution in [1.29, 1.82) is 5.26 Å². The molecule has 2 aromatic heterocycles. The molecule has 9 heteroatoms. The molecule has 2 heterocycles. The topological polar surface area (TPSA) is 129 Å². The Morgan fingerprint density at radius 2 is 2.13 bits per heavy atom. The maximum Gasteiger partial charge on any atom is 0.253 e. The minimum atomic E-state index is -0.551. The van der Waals surface area contributed by atoms with Gasteiger partial charge in [0.1, 0.15) is 6.04 Å². The second-order valence-corrected chi connectivity index (χ2v) is 6.67. The maximum atomic E-state index is 12.8. The van der Waals surface area contributed by atoms with Crippen LogP contribution in [0.15, 0.2) is 42.9 Å². The number of carbonyl (C=O) groups excluding carboxylic acids is 1. The van der Waals surface area contributed by atoms with E-state index in [4.69, 9.17) is 10.4 Å². The van der Waals surface area contributed by atoms with Gasteiger partial charge >= 0.3 is 0 Å². The maximum absolute atomic E-state index is 12.8. The number of aromatic nitrogens is 4. The number of carbonyl (C=O) groups is 1. The SMILES string of the molecule is CCC(C#N)NC(=O)c1ccccc1-c1nc(Nc2cnn(CCO)c2)ncc1C. The summed E-state index contributed by atoms with van der Waals surface area (Å²) in [4.78, 5) is 21.7. The Labute approximate surface area is 174 Å². The number of nitrogens with one attached hydrogen (secondary N) is 2. The number of amides is 1. The molecule has 30 heavy (non-hydrogen) atoms. The lowest BCUT2D eigenvalue weighted by atomic mass is 10.0. The van der Waals surface area contributed by atoms with Gasteiger partial charge in [0, 0.05) is 23.5 Å². The summed E-state index contributed by atoms with van der Waals surface area (Å²) in [5.74, 6) is 0.0367. The van der Waals surface area contributed by atoms with Crippen molar-refractivity contribution in [2.45, 2.75) is 32.9 Å². The second-order valence-electron chi connectivity index (χ2n) is 6.67. The molecule has 0 spiro atoms. The number of nitriles is 1. The van der Waals surface area contributed by atoms with E-state index in [0.29, 0.717) is 41.4 Å². The zero-order valence-corrected chi connectivity index (χ0v) is 16.8. The van der Waals surface area contributed by atoms with E-state index in [-0.39, 0.29) is 12.5 Å². The van der Waals surface area contributed by atoms with E-state index < -0.39 is 6.04 Å². The Bertz CT molecular complexity index is 1070. The van der Waals surface area contributed by atoms with Crippen molar-refractivity contribution >= 4 is 17.5 Å². The van der Waals surface area contributed by atoms with Crippen LogP contribution in [-0.2, 0) is 6.54 Å². The average molecular weight is 405 g/mol. The molecule has 1 unspecified atom stereocenters. The van der Waals surface area contributed by atoms with E-state index in [0.717, 1.165) is 5.56 Å². The van der Waals surface area contributed by atoms with Gasteiger partial charge in [-0.05, 0) is 25.0 Å². The first kappa shape index (κ1) is 21.0. The Morgan fingerprint density at radius 3 is 2.87 bits per heavy atom. The van der Waals surface area contributed by atoms with Crippen LogP contribution in [0.3, 0.4) is 0 Å². The van der Waals surface area contributed by atoms with Gasteiger partial charge in [0.25, 0.3) is 5.91 Å². The van der Waals surface area contributed by atoms with E-state index in [9.17, 15) is 4.79 Å². The number of anilines is 2. The molecule has 9 nitrogen and oxygen atoms in total. The smallest absolute Gasteiger partial charge is 0.253 e. The lowest BCUT2D eigenvalue weighted by Crippen LogP contribution is -2.33. The monoisotopic (exact) mass is 405 g/mol. The van der Waals surface area contributed by atoms with Crippen LogP contribution >= 0.6 is 0 Å². The van der Waals surface area contributed by atoms with Gasteiger partial charge < -0.3 is 15.7 Å². The molecule has 3 rings (SSSR count). The molecule has 0 saturated heterocycles. The third-order valence-electron chi connectivity index (χ3n) is 4.49. The van der Waals surface area contributed by atoms with Crippen LogP contribution in [0.4, 0.5) is 11.6 Å². The highest BCUT2D eigenvalue weighted by atomic mass is 16.3. The first-order chi connectivity index (χ1) is 14.5. The van der Waals surface area contributed by atoms with Gasteiger partial charge in [-0.3, -0.25) is 9.48 Å². The van der Waals surface area contributed by atoms with Crippen LogP contribution in [0, 0.1) is 18.3 Å². The van der Waals surface area contributed by atoms with Gasteiger partial charge in [0.05, 0.1) is 36.8 Å². The fraction of sp³-hybridized carbons (Fsp3) is 0.286. The third kappa shape index (κ3) is 4.79. The number of nitrogens with zero attached hydrogens (tertiary/aromatic N) is 5. The average Bonchev–Trinajstić information content (AvgIpc) is 3.20. The summed E-state index contributed by atoms with van der Waals surface area (Å²) in [5.41, 5.74) is 3.20. The van der Waals surface area contributed by atoms with Crippen molar-refractivity contribution in [3.63, 3.8) is 0 Å². The summed E-state index contributed by atoms with van der Waals surface area (Å²) in [6.07, 6.45) is 5.57. The molecule has 0 saturated carbocycles. The molecule has 1 atom stereocenters. The number of benzene rings is 1. The Hall–Kier alpha value is -3.77. The molecule has 0 radical (unpaired) electrons. The standard InChI is InChI=1S/C21H23N7O2/c1-3-15(10-22)25-20(30)18-7-5-4-6-17(18)19-14(2)11-23-21(27-19)26-16-12-24-28(13-16)8-9-29/h4-7,11-13,15,29H,3,8-9H2,1-2H3,(H,25,30)(H,23,26,27). The highest BCUT2D eigenvalue weighted by Gasteiger charge is 2.18. The molecule has 1 aromatic carbocycles. The lowest BCUT2D eigenvalue weighted by molar-refractivity contribution is 0.0945. The first-order valence-corrected chi connectivity index (χ1v) is 9.59. The van der Waals surface area contributed by atoms with Gasteiger partial charge in [-0.25, -0.2) is 9.97 Å². The predicted octanol–water partition coefficient (Wildman–Crippen LogP) is 2.42. The van der Waals surface area contributed by atoms with Crippen LogP contribution in [0.1, 0.15) is 29.3 Å². The zero-order chi connectivity index (χ0) is 21.5. The highest BCUT2D eigenvalue weighted by Crippen LogP contribution is 2.26. The number of rotatable bonds is 8. The van der Waals surface area contributed by atoms with Crippen molar-refractivity contribution in [3.8, 4) is 17.3 Å². The van der Waals surface area contributed by atoms with Crippen LogP contribution in [-0.4, -0.2) is 43.4 Å². The quantitative estimate of drug-likeness (QED) is 0.525. The van der Waals surface area contributed by atoms with E-state index in [2.05, 4.69) is 31.8 Å². The molecular formula is C21H23N7O2. The molecule has 0 aliphatic heterocycles.